The fourth-order valence-electron chi connectivity index (χ4n) is 8.15. The van der Waals surface area contributed by atoms with Gasteiger partial charge in [-0.05, 0) is 85.6 Å². The van der Waals surface area contributed by atoms with Crippen molar-refractivity contribution < 1.29 is 19.2 Å². The van der Waals surface area contributed by atoms with Crippen molar-refractivity contribution in [3.63, 3.8) is 0 Å². The molecule has 3 aromatic rings. The molecule has 1 aliphatic carbocycles. The number of aromatic amines is 1. The smallest absolute Gasteiger partial charge is 0.266 e. The number of piperidine rings is 2. The Kier molecular flexibility index (Phi) is 12.7. The Morgan fingerprint density at radius 1 is 0.982 bits per heavy atom. The van der Waals surface area contributed by atoms with Gasteiger partial charge in [-0.1, -0.05) is 43.0 Å². The highest BCUT2D eigenvalue weighted by molar-refractivity contribution is 6.32. The van der Waals surface area contributed by atoms with E-state index >= 15 is 0 Å². The maximum atomic E-state index is 13.5. The largest absolute Gasteiger partial charge is 0.385 e. The Morgan fingerprint density at radius 2 is 1.74 bits per heavy atom. The number of halogens is 1. The molecule has 4 aliphatic heterocycles. The minimum absolute atomic E-state index is 0.0613. The molecule has 4 amide bonds. The third-order valence-corrected chi connectivity index (χ3v) is 11.9. The van der Waals surface area contributed by atoms with E-state index in [1.54, 1.807) is 31.3 Å². The topological polar surface area (TPSA) is 184 Å². The highest BCUT2D eigenvalue weighted by Crippen LogP contribution is 2.34. The summed E-state index contributed by atoms with van der Waals surface area (Å²) in [6.45, 7) is 7.62. The van der Waals surface area contributed by atoms with Gasteiger partial charge in [-0.3, -0.25) is 39.7 Å². The number of fused-ring (bicyclic) bond motifs is 1. The molecular formula is C42H53ClN10O4. The van der Waals surface area contributed by atoms with E-state index in [1.165, 1.54) is 36.6 Å². The molecule has 6 N–H and O–H groups in total. The van der Waals surface area contributed by atoms with Crippen LogP contribution < -0.4 is 21.3 Å². The molecule has 1 saturated carbocycles. The van der Waals surface area contributed by atoms with Crippen molar-refractivity contribution >= 4 is 52.4 Å². The Balaban J connectivity index is 0.00000158. The van der Waals surface area contributed by atoms with E-state index in [-0.39, 0.29) is 29.8 Å². The number of nitrogens with one attached hydrogen (secondary N) is 4. The quantitative estimate of drug-likeness (QED) is 0.115. The van der Waals surface area contributed by atoms with Gasteiger partial charge in [-0.15, -0.1) is 0 Å². The summed E-state index contributed by atoms with van der Waals surface area (Å²) in [4.78, 5) is 65.2. The molecule has 0 spiro atoms. The van der Waals surface area contributed by atoms with Crippen LogP contribution in [0, 0.1) is 11.3 Å². The molecule has 8 rings (SSSR count). The van der Waals surface area contributed by atoms with Crippen LogP contribution in [0.15, 0.2) is 48.7 Å². The van der Waals surface area contributed by atoms with Gasteiger partial charge in [0.25, 0.3) is 11.8 Å². The van der Waals surface area contributed by atoms with Gasteiger partial charge in [0.05, 0.1) is 17.8 Å². The predicted molar refractivity (Wildman–Crippen MR) is 220 cm³/mol. The van der Waals surface area contributed by atoms with Crippen LogP contribution in [0.25, 0.3) is 5.70 Å². The first-order chi connectivity index (χ1) is 27.6. The molecule has 302 valence electrons. The number of carbonyl (C=O) groups is 4. The number of nitrogens with two attached hydrogens (primary N) is 1. The number of carbonyl (C=O) groups excluding carboxylic acids is 4. The number of imidazole rings is 1. The molecule has 57 heavy (non-hydrogen) atoms. The lowest BCUT2D eigenvalue weighted by molar-refractivity contribution is -0.134. The third kappa shape index (κ3) is 9.74. The van der Waals surface area contributed by atoms with Crippen molar-refractivity contribution in [2.24, 2.45) is 11.7 Å². The van der Waals surface area contributed by atoms with Crippen molar-refractivity contribution in [3.8, 4) is 0 Å². The van der Waals surface area contributed by atoms with Gasteiger partial charge >= 0.3 is 0 Å². The van der Waals surface area contributed by atoms with E-state index < -0.39 is 11.8 Å². The van der Waals surface area contributed by atoms with Crippen LogP contribution in [0.5, 0.6) is 0 Å². The molecule has 15 heteroatoms. The average molecular weight is 797 g/mol. The molecule has 3 saturated heterocycles. The molecule has 1 aromatic heterocycles. The van der Waals surface area contributed by atoms with Crippen molar-refractivity contribution in [1.29, 1.82) is 5.41 Å². The molecule has 2 aromatic carbocycles. The van der Waals surface area contributed by atoms with E-state index in [0.717, 1.165) is 64.2 Å². The Hall–Kier alpha value is -5.05. The third-order valence-electron chi connectivity index (χ3n) is 11.6. The zero-order valence-electron chi connectivity index (χ0n) is 32.6. The van der Waals surface area contributed by atoms with Crippen LogP contribution in [0.3, 0.4) is 0 Å². The number of amides is 4. The fourth-order valence-corrected chi connectivity index (χ4v) is 8.39. The molecule has 1 atom stereocenters. The number of imide groups is 1. The standard InChI is InChI=1S/C39H47ClN10O4.C3H6/c1-43-31(37-44-21-32(45-37)36(42)52)20-34(41)50-14-11-27-26(3-2-4-33(27)50)23-47-12-9-24(10-13-47)22-48-15-17-49(18-16-48)39(54)25-5-7-30(40)29(19-25)28-6-8-35(51)46-38(28)53;1-2-3-1/h2-5,7,19-21,24,28,41,43H,6,8-18,22-23H2,1H3,(H2,42,52)(H,44,45)(H,46,51,53);1-3H2/b31-20+,41-34?;. The van der Waals surface area contributed by atoms with Gasteiger partial charge < -0.3 is 25.8 Å². The van der Waals surface area contributed by atoms with Crippen LogP contribution in [0.2, 0.25) is 5.02 Å². The van der Waals surface area contributed by atoms with Gasteiger partial charge in [0.15, 0.2) is 5.82 Å². The van der Waals surface area contributed by atoms with Gasteiger partial charge in [0.2, 0.25) is 11.8 Å². The number of likely N-dealkylation sites (tertiary alicyclic amines) is 1. The van der Waals surface area contributed by atoms with Crippen molar-refractivity contribution in [1.82, 2.24) is 35.3 Å². The number of nitrogens with zero attached hydrogens (tertiary/aromatic N) is 5. The van der Waals surface area contributed by atoms with Crippen molar-refractivity contribution in [2.45, 2.75) is 63.8 Å². The van der Waals surface area contributed by atoms with Crippen LogP contribution in [0.4, 0.5) is 5.69 Å². The predicted octanol–water partition coefficient (Wildman–Crippen LogP) is 4.12. The Bertz CT molecular complexity index is 2030. The number of primary amides is 1. The minimum Gasteiger partial charge on any atom is -0.385 e. The summed E-state index contributed by atoms with van der Waals surface area (Å²) < 4.78 is 0. The number of hydrogen-bond acceptors (Lipinski definition) is 9. The number of hydrogen-bond donors (Lipinski definition) is 5. The maximum absolute atomic E-state index is 13.5. The highest BCUT2D eigenvalue weighted by Gasteiger charge is 2.32. The number of piperazine rings is 1. The Morgan fingerprint density at radius 3 is 2.40 bits per heavy atom. The number of aromatic nitrogens is 2. The molecule has 0 bridgehead atoms. The summed E-state index contributed by atoms with van der Waals surface area (Å²) in [5, 5.41) is 14.8. The number of H-pyrrole nitrogens is 1. The lowest BCUT2D eigenvalue weighted by Gasteiger charge is -2.39. The average Bonchev–Trinajstić information content (AvgIpc) is 3.89. The first kappa shape index (κ1) is 40.2. The number of anilines is 1. The maximum Gasteiger partial charge on any atom is 0.266 e. The van der Waals surface area contributed by atoms with E-state index in [0.29, 0.717) is 65.5 Å². The van der Waals surface area contributed by atoms with Crippen LogP contribution in [-0.4, -0.2) is 114 Å². The molecule has 1 unspecified atom stereocenters. The summed E-state index contributed by atoms with van der Waals surface area (Å²) in [6.07, 6.45) is 11.4. The summed E-state index contributed by atoms with van der Waals surface area (Å²) >= 11 is 6.44. The second-order valence-corrected chi connectivity index (χ2v) is 16.0. The zero-order valence-corrected chi connectivity index (χ0v) is 33.4. The first-order valence-electron chi connectivity index (χ1n) is 20.2. The van der Waals surface area contributed by atoms with Crippen LogP contribution in [0.1, 0.15) is 94.2 Å². The minimum atomic E-state index is -0.588. The molecule has 5 heterocycles. The summed E-state index contributed by atoms with van der Waals surface area (Å²) in [5.74, 6) is -0.449. The number of amidine groups is 1. The van der Waals surface area contributed by atoms with E-state index in [4.69, 9.17) is 22.7 Å². The highest BCUT2D eigenvalue weighted by atomic mass is 35.5. The number of benzene rings is 2. The monoisotopic (exact) mass is 796 g/mol. The normalized spacial score (nSPS) is 20.4. The lowest BCUT2D eigenvalue weighted by Crippen LogP contribution is -2.50. The molecule has 14 nitrogen and oxygen atoms in total. The van der Waals surface area contributed by atoms with Crippen LogP contribution in [-0.2, 0) is 22.6 Å². The zero-order chi connectivity index (χ0) is 40.1. The van der Waals surface area contributed by atoms with Gasteiger partial charge in [-0.2, -0.15) is 0 Å². The van der Waals surface area contributed by atoms with Crippen LogP contribution >= 0.6 is 11.6 Å². The molecule has 5 aliphatic rings. The van der Waals surface area contributed by atoms with Gasteiger partial charge in [0.1, 0.15) is 11.5 Å². The van der Waals surface area contributed by atoms with E-state index in [2.05, 4.69) is 48.6 Å². The van der Waals surface area contributed by atoms with Crippen molar-refractivity contribution in [3.05, 3.63) is 87.5 Å². The van der Waals surface area contributed by atoms with Crippen molar-refractivity contribution in [2.75, 3.05) is 64.3 Å². The Labute approximate surface area is 338 Å². The second kappa shape index (κ2) is 18.0. The van der Waals surface area contributed by atoms with E-state index in [9.17, 15) is 19.2 Å². The SMILES string of the molecule is C1CC1.CN/C(=C/C(=N)N1CCc2c(CN3CCC(CN4CCN(C(=O)c5ccc(Cl)c(C6CCC(=O)NC6=O)c5)CC4)CC3)cccc21)c1ncc(C(N)=O)[nH]1. The van der Waals surface area contributed by atoms with Gasteiger partial charge in [-0.25, -0.2) is 4.98 Å². The summed E-state index contributed by atoms with van der Waals surface area (Å²) in [5.41, 5.74) is 10.9. The molecule has 4 fully saturated rings. The summed E-state index contributed by atoms with van der Waals surface area (Å²) in [7, 11) is 1.75. The fraction of sp³-hybridized carbons (Fsp3) is 0.476. The van der Waals surface area contributed by atoms with Gasteiger partial charge in [0, 0.05) is 81.6 Å². The summed E-state index contributed by atoms with van der Waals surface area (Å²) in [6, 6.07) is 11.5. The molecular weight excluding hydrogens is 744 g/mol. The number of rotatable bonds is 10. The lowest BCUT2D eigenvalue weighted by atomic mass is 9.89. The van der Waals surface area contributed by atoms with E-state index in [1.807, 2.05) is 9.80 Å². The molecule has 0 radical (unpaired) electrons. The first-order valence-corrected chi connectivity index (χ1v) is 20.5. The second-order valence-electron chi connectivity index (χ2n) is 15.6.